The van der Waals surface area contributed by atoms with Crippen LogP contribution < -0.4 is 5.32 Å². The molecule has 0 atom stereocenters. The number of ether oxygens (including phenoxy) is 1. The van der Waals surface area contributed by atoms with Crippen molar-refractivity contribution in [3.05, 3.63) is 35.5 Å². The summed E-state index contributed by atoms with van der Waals surface area (Å²) in [6, 6.07) is 6.27. The number of aromatic nitrogens is 1. The average molecular weight is 218 g/mol. The third-order valence-corrected chi connectivity index (χ3v) is 3.19. The molecule has 3 rings (SSSR count). The number of hydrogen-bond acceptors (Lipinski definition) is 4. The van der Waals surface area contributed by atoms with Crippen molar-refractivity contribution in [1.82, 2.24) is 10.3 Å². The second-order valence-electron chi connectivity index (χ2n) is 3.36. The molecule has 0 saturated carbocycles. The molecule has 0 fully saturated rings. The fourth-order valence-corrected chi connectivity index (χ4v) is 2.28. The number of rotatable bonds is 1. The SMILES string of the molecule is C1=C(c2ccc3scnc3c2)NCCO1. The van der Waals surface area contributed by atoms with E-state index in [2.05, 4.69) is 28.5 Å². The van der Waals surface area contributed by atoms with Crippen LogP contribution in [-0.2, 0) is 4.74 Å². The predicted molar refractivity (Wildman–Crippen MR) is 61.6 cm³/mol. The van der Waals surface area contributed by atoms with Crippen LogP contribution in [0.15, 0.2) is 30.0 Å². The first-order valence-electron chi connectivity index (χ1n) is 4.83. The Bertz CT molecular complexity index is 518. The Hall–Kier alpha value is -1.55. The average Bonchev–Trinajstić information content (AvgIpc) is 2.77. The smallest absolute Gasteiger partial charge is 0.107 e. The zero-order valence-electron chi connectivity index (χ0n) is 8.06. The number of thiazole rings is 1. The van der Waals surface area contributed by atoms with Crippen molar-refractivity contribution in [2.24, 2.45) is 0 Å². The van der Waals surface area contributed by atoms with Gasteiger partial charge >= 0.3 is 0 Å². The van der Waals surface area contributed by atoms with E-state index >= 15 is 0 Å². The first kappa shape index (κ1) is 8.73. The van der Waals surface area contributed by atoms with Gasteiger partial charge in [-0.1, -0.05) is 6.07 Å². The molecule has 15 heavy (non-hydrogen) atoms. The zero-order valence-corrected chi connectivity index (χ0v) is 8.88. The van der Waals surface area contributed by atoms with Crippen molar-refractivity contribution in [2.45, 2.75) is 0 Å². The number of nitrogens with one attached hydrogen (secondary N) is 1. The topological polar surface area (TPSA) is 34.2 Å². The second kappa shape index (κ2) is 3.55. The first-order chi connectivity index (χ1) is 7.43. The maximum absolute atomic E-state index is 5.29. The van der Waals surface area contributed by atoms with Gasteiger partial charge in [-0.15, -0.1) is 11.3 Å². The van der Waals surface area contributed by atoms with E-state index < -0.39 is 0 Å². The molecule has 2 heterocycles. The van der Waals surface area contributed by atoms with E-state index in [-0.39, 0.29) is 0 Å². The summed E-state index contributed by atoms with van der Waals surface area (Å²) in [6.07, 6.45) is 1.77. The van der Waals surface area contributed by atoms with Crippen molar-refractivity contribution in [3.63, 3.8) is 0 Å². The molecule has 0 unspecified atom stereocenters. The monoisotopic (exact) mass is 218 g/mol. The van der Waals surface area contributed by atoms with Gasteiger partial charge in [-0.25, -0.2) is 4.98 Å². The van der Waals surface area contributed by atoms with Crippen LogP contribution in [0.25, 0.3) is 15.9 Å². The molecule has 3 nitrogen and oxygen atoms in total. The van der Waals surface area contributed by atoms with Crippen LogP contribution in [0, 0.1) is 0 Å². The van der Waals surface area contributed by atoms with E-state index in [4.69, 9.17) is 4.74 Å². The first-order valence-corrected chi connectivity index (χ1v) is 5.71. The lowest BCUT2D eigenvalue weighted by Gasteiger charge is -2.16. The van der Waals surface area contributed by atoms with Gasteiger partial charge in [0.1, 0.15) is 12.9 Å². The summed E-state index contributed by atoms with van der Waals surface area (Å²) in [5.41, 5.74) is 5.09. The van der Waals surface area contributed by atoms with E-state index in [0.29, 0.717) is 0 Å². The molecule has 1 aliphatic heterocycles. The molecular weight excluding hydrogens is 208 g/mol. The minimum Gasteiger partial charge on any atom is -0.497 e. The zero-order chi connectivity index (χ0) is 10.1. The van der Waals surface area contributed by atoms with Crippen LogP contribution >= 0.6 is 11.3 Å². The Labute approximate surface area is 91.4 Å². The van der Waals surface area contributed by atoms with E-state index in [9.17, 15) is 0 Å². The fraction of sp³-hybridized carbons (Fsp3) is 0.182. The molecule has 0 aliphatic carbocycles. The summed E-state index contributed by atoms with van der Waals surface area (Å²) in [4.78, 5) is 4.30. The van der Waals surface area contributed by atoms with Gasteiger partial charge in [-0.05, 0) is 12.1 Å². The highest BCUT2D eigenvalue weighted by molar-refractivity contribution is 7.16. The minimum atomic E-state index is 0.739. The predicted octanol–water partition coefficient (Wildman–Crippen LogP) is 2.21. The Balaban J connectivity index is 2.06. The van der Waals surface area contributed by atoms with Gasteiger partial charge in [-0.2, -0.15) is 0 Å². The number of benzene rings is 1. The normalized spacial score (nSPS) is 15.6. The summed E-state index contributed by atoms with van der Waals surface area (Å²) in [6.45, 7) is 1.60. The van der Waals surface area contributed by atoms with Gasteiger partial charge in [0.05, 0.1) is 21.4 Å². The second-order valence-corrected chi connectivity index (χ2v) is 4.25. The molecule has 0 bridgehead atoms. The van der Waals surface area contributed by atoms with E-state index in [1.165, 1.54) is 4.70 Å². The molecule has 0 radical (unpaired) electrons. The van der Waals surface area contributed by atoms with Crippen molar-refractivity contribution >= 4 is 27.3 Å². The third-order valence-electron chi connectivity index (χ3n) is 2.38. The molecule has 1 N–H and O–H groups in total. The molecule has 2 aromatic rings. The lowest BCUT2D eigenvalue weighted by molar-refractivity contribution is 0.241. The van der Waals surface area contributed by atoms with Crippen molar-refractivity contribution in [3.8, 4) is 0 Å². The minimum absolute atomic E-state index is 0.739. The number of hydrogen-bond donors (Lipinski definition) is 1. The van der Waals surface area contributed by atoms with Crippen LogP contribution in [0.2, 0.25) is 0 Å². The maximum atomic E-state index is 5.29. The third kappa shape index (κ3) is 1.57. The van der Waals surface area contributed by atoms with E-state index in [1.54, 1.807) is 17.6 Å². The Morgan fingerprint density at radius 1 is 1.40 bits per heavy atom. The maximum Gasteiger partial charge on any atom is 0.107 e. The van der Waals surface area contributed by atoms with Gasteiger partial charge in [0.25, 0.3) is 0 Å². The van der Waals surface area contributed by atoms with Crippen LogP contribution in [0.4, 0.5) is 0 Å². The summed E-state index contributed by atoms with van der Waals surface area (Å²) in [7, 11) is 0. The highest BCUT2D eigenvalue weighted by Gasteiger charge is 2.07. The van der Waals surface area contributed by atoms with Crippen molar-refractivity contribution in [2.75, 3.05) is 13.2 Å². The van der Waals surface area contributed by atoms with Gasteiger partial charge in [0.15, 0.2) is 0 Å². The lowest BCUT2D eigenvalue weighted by atomic mass is 10.1. The highest BCUT2D eigenvalue weighted by Crippen LogP contribution is 2.22. The van der Waals surface area contributed by atoms with Gasteiger partial charge < -0.3 is 10.1 Å². The van der Waals surface area contributed by atoms with Crippen molar-refractivity contribution < 1.29 is 4.74 Å². The molecule has 76 valence electrons. The standard InChI is InChI=1S/C11H10N2OS/c1-2-11-9(13-7-15-11)5-8(1)10-6-14-4-3-12-10/h1-2,5-7,12H,3-4H2. The molecule has 0 amide bonds. The number of fused-ring (bicyclic) bond motifs is 1. The largest absolute Gasteiger partial charge is 0.497 e. The summed E-state index contributed by atoms with van der Waals surface area (Å²) >= 11 is 1.66. The molecule has 0 spiro atoms. The van der Waals surface area contributed by atoms with Crippen LogP contribution in [-0.4, -0.2) is 18.1 Å². The molecular formula is C11H10N2OS. The van der Waals surface area contributed by atoms with Crippen LogP contribution in [0.3, 0.4) is 0 Å². The summed E-state index contributed by atoms with van der Waals surface area (Å²) in [5, 5.41) is 3.30. The molecule has 0 saturated heterocycles. The number of nitrogens with zero attached hydrogens (tertiary/aromatic N) is 1. The molecule has 1 aromatic heterocycles. The quantitative estimate of drug-likeness (QED) is 0.797. The Morgan fingerprint density at radius 2 is 2.40 bits per heavy atom. The van der Waals surface area contributed by atoms with Gasteiger partial charge in [0, 0.05) is 12.1 Å². The molecule has 1 aromatic carbocycles. The summed E-state index contributed by atoms with van der Waals surface area (Å²) < 4.78 is 6.51. The van der Waals surface area contributed by atoms with Crippen LogP contribution in [0.5, 0.6) is 0 Å². The highest BCUT2D eigenvalue weighted by atomic mass is 32.1. The Morgan fingerprint density at radius 3 is 3.27 bits per heavy atom. The van der Waals surface area contributed by atoms with E-state index in [1.807, 2.05) is 5.51 Å². The van der Waals surface area contributed by atoms with Gasteiger partial charge in [-0.3, -0.25) is 0 Å². The van der Waals surface area contributed by atoms with Crippen LogP contribution in [0.1, 0.15) is 5.56 Å². The lowest BCUT2D eigenvalue weighted by Crippen LogP contribution is -2.22. The molecule has 4 heteroatoms. The summed E-state index contributed by atoms with van der Waals surface area (Å²) in [5.74, 6) is 0. The van der Waals surface area contributed by atoms with E-state index in [0.717, 1.165) is 29.9 Å². The Kier molecular flexibility index (Phi) is 2.07. The van der Waals surface area contributed by atoms with Crippen molar-refractivity contribution in [1.29, 1.82) is 0 Å². The van der Waals surface area contributed by atoms with Gasteiger partial charge in [0.2, 0.25) is 0 Å². The molecule has 1 aliphatic rings. The fourth-order valence-electron chi connectivity index (χ4n) is 1.62.